The van der Waals surface area contributed by atoms with Crippen LogP contribution in [0.4, 0.5) is 0 Å². The molecule has 1 aromatic rings. The van der Waals surface area contributed by atoms with Gasteiger partial charge in [0.25, 0.3) is 0 Å². The van der Waals surface area contributed by atoms with Gasteiger partial charge in [-0.15, -0.1) is 0 Å². The highest BCUT2D eigenvalue weighted by Gasteiger charge is 2.19. The first-order valence-electron chi connectivity index (χ1n) is 8.11. The smallest absolute Gasteiger partial charge is 0.242 e. The molecule has 0 fully saturated rings. The van der Waals surface area contributed by atoms with Gasteiger partial charge in [0, 0.05) is 26.6 Å². The van der Waals surface area contributed by atoms with E-state index in [4.69, 9.17) is 4.74 Å². The summed E-state index contributed by atoms with van der Waals surface area (Å²) in [4.78, 5) is 12.2. The van der Waals surface area contributed by atoms with Crippen LogP contribution in [0.2, 0.25) is 0 Å². The Morgan fingerprint density at radius 3 is 2.54 bits per heavy atom. The number of nitrogens with one attached hydrogen (secondary N) is 1. The number of ether oxygens (including phenoxy) is 1. The number of aryl methyl sites for hydroxylation is 1. The fourth-order valence-electron chi connectivity index (χ4n) is 2.42. The van der Waals surface area contributed by atoms with Gasteiger partial charge in [0.2, 0.25) is 15.9 Å². The molecule has 6 nitrogen and oxygen atoms in total. The Labute approximate surface area is 145 Å². The topological polar surface area (TPSA) is 75.7 Å². The van der Waals surface area contributed by atoms with Crippen LogP contribution in [0.15, 0.2) is 23.1 Å². The zero-order valence-electron chi connectivity index (χ0n) is 15.1. The number of methoxy groups -OCH3 is 1. The summed E-state index contributed by atoms with van der Waals surface area (Å²) in [5.41, 5.74) is 0.707. The van der Waals surface area contributed by atoms with Gasteiger partial charge in [-0.25, -0.2) is 12.7 Å². The number of hydrogen-bond donors (Lipinski definition) is 1. The van der Waals surface area contributed by atoms with Crippen LogP contribution >= 0.6 is 0 Å². The Balaban J connectivity index is 2.88. The third-order valence-electron chi connectivity index (χ3n) is 3.78. The number of amides is 1. The molecule has 0 aliphatic carbocycles. The lowest BCUT2D eigenvalue weighted by Gasteiger charge is -2.15. The van der Waals surface area contributed by atoms with Crippen LogP contribution in [-0.4, -0.2) is 45.9 Å². The molecule has 1 amide bonds. The lowest BCUT2D eigenvalue weighted by Crippen LogP contribution is -2.32. The van der Waals surface area contributed by atoms with Crippen LogP contribution in [0.25, 0.3) is 0 Å². The van der Waals surface area contributed by atoms with Crippen LogP contribution in [0.3, 0.4) is 0 Å². The van der Waals surface area contributed by atoms with Crippen molar-refractivity contribution in [1.82, 2.24) is 9.62 Å². The van der Waals surface area contributed by atoms with E-state index in [1.54, 1.807) is 12.1 Å². The third-order valence-corrected chi connectivity index (χ3v) is 5.59. The van der Waals surface area contributed by atoms with Gasteiger partial charge < -0.3 is 10.1 Å². The normalized spacial score (nSPS) is 12.9. The largest absolute Gasteiger partial charge is 0.496 e. The number of hydrogen-bond acceptors (Lipinski definition) is 4. The zero-order valence-corrected chi connectivity index (χ0v) is 15.9. The second-order valence-corrected chi connectivity index (χ2v) is 8.17. The molecule has 1 N–H and O–H groups in total. The molecule has 1 rings (SSSR count). The molecular formula is C17H28N2O4S. The van der Waals surface area contributed by atoms with Crippen molar-refractivity contribution in [1.29, 1.82) is 0 Å². The van der Waals surface area contributed by atoms with E-state index in [1.807, 2.05) is 6.92 Å². The van der Waals surface area contributed by atoms with Crippen LogP contribution in [0.1, 0.15) is 38.7 Å². The average molecular weight is 356 g/mol. The van der Waals surface area contributed by atoms with Crippen molar-refractivity contribution in [2.75, 3.05) is 21.2 Å². The molecular weight excluding hydrogens is 328 g/mol. The van der Waals surface area contributed by atoms with E-state index in [1.165, 1.54) is 27.3 Å². The first kappa shape index (κ1) is 20.4. The SMILES string of the molecule is CCCC(C)NC(=O)CCc1cc(S(=O)(=O)N(C)C)ccc1OC. The molecule has 0 aromatic heterocycles. The van der Waals surface area contributed by atoms with E-state index in [-0.39, 0.29) is 23.3 Å². The fraction of sp³-hybridized carbons (Fsp3) is 0.588. The van der Waals surface area contributed by atoms with Gasteiger partial charge in [0.15, 0.2) is 0 Å². The summed E-state index contributed by atoms with van der Waals surface area (Å²) in [7, 11) is 0.994. The minimum Gasteiger partial charge on any atom is -0.496 e. The zero-order chi connectivity index (χ0) is 18.3. The highest BCUT2D eigenvalue weighted by atomic mass is 32.2. The summed E-state index contributed by atoms with van der Waals surface area (Å²) in [5, 5.41) is 2.95. The van der Waals surface area contributed by atoms with Gasteiger partial charge in [0.05, 0.1) is 12.0 Å². The molecule has 0 aliphatic heterocycles. The van der Waals surface area contributed by atoms with Gasteiger partial charge in [0.1, 0.15) is 5.75 Å². The molecule has 0 spiro atoms. The molecule has 0 radical (unpaired) electrons. The Kier molecular flexibility index (Phi) is 7.69. The molecule has 0 heterocycles. The van der Waals surface area contributed by atoms with Gasteiger partial charge in [-0.1, -0.05) is 13.3 Å². The van der Waals surface area contributed by atoms with E-state index in [9.17, 15) is 13.2 Å². The predicted molar refractivity (Wildman–Crippen MR) is 94.7 cm³/mol. The lowest BCUT2D eigenvalue weighted by atomic mass is 10.1. The van der Waals surface area contributed by atoms with Crippen LogP contribution in [-0.2, 0) is 21.2 Å². The average Bonchev–Trinajstić information content (AvgIpc) is 2.52. The Morgan fingerprint density at radius 1 is 1.33 bits per heavy atom. The summed E-state index contributed by atoms with van der Waals surface area (Å²) >= 11 is 0. The maximum absolute atomic E-state index is 12.2. The summed E-state index contributed by atoms with van der Waals surface area (Å²) in [6.45, 7) is 4.05. The van der Waals surface area contributed by atoms with Crippen molar-refractivity contribution >= 4 is 15.9 Å². The Bertz CT molecular complexity index is 657. The molecule has 1 aromatic carbocycles. The van der Waals surface area contributed by atoms with Crippen LogP contribution in [0.5, 0.6) is 5.75 Å². The minimum absolute atomic E-state index is 0.0427. The van der Waals surface area contributed by atoms with E-state index in [0.717, 1.165) is 17.1 Å². The summed E-state index contributed by atoms with van der Waals surface area (Å²) in [5.74, 6) is 0.543. The molecule has 24 heavy (non-hydrogen) atoms. The highest BCUT2D eigenvalue weighted by Crippen LogP contribution is 2.25. The van der Waals surface area contributed by atoms with Crippen molar-refractivity contribution < 1.29 is 17.9 Å². The number of sulfonamides is 1. The van der Waals surface area contributed by atoms with E-state index in [0.29, 0.717) is 17.7 Å². The third kappa shape index (κ3) is 5.49. The number of carbonyl (C=O) groups is 1. The predicted octanol–water partition coefficient (Wildman–Crippen LogP) is 2.18. The molecule has 1 atom stereocenters. The van der Waals surface area contributed by atoms with Gasteiger partial charge >= 0.3 is 0 Å². The van der Waals surface area contributed by atoms with Crippen molar-refractivity contribution in [3.63, 3.8) is 0 Å². The Morgan fingerprint density at radius 2 is 2.00 bits per heavy atom. The van der Waals surface area contributed by atoms with Crippen molar-refractivity contribution in [3.8, 4) is 5.75 Å². The number of nitrogens with zero attached hydrogens (tertiary/aromatic N) is 1. The quantitative estimate of drug-likeness (QED) is 0.736. The summed E-state index contributed by atoms with van der Waals surface area (Å²) < 4.78 is 30.9. The standard InChI is InChI=1S/C17H28N2O4S/c1-6-7-13(2)18-17(20)11-8-14-12-15(9-10-16(14)23-5)24(21,22)19(3)4/h9-10,12-13H,6-8,11H2,1-5H3,(H,18,20). The van der Waals surface area contributed by atoms with Gasteiger partial charge in [-0.05, 0) is 43.5 Å². The molecule has 1 unspecified atom stereocenters. The molecule has 0 bridgehead atoms. The summed E-state index contributed by atoms with van der Waals surface area (Å²) in [6.07, 6.45) is 2.66. The van der Waals surface area contributed by atoms with Crippen LogP contribution < -0.4 is 10.1 Å². The molecule has 0 saturated carbocycles. The first-order valence-corrected chi connectivity index (χ1v) is 9.55. The molecule has 7 heteroatoms. The second-order valence-electron chi connectivity index (χ2n) is 6.02. The number of benzene rings is 1. The fourth-order valence-corrected chi connectivity index (χ4v) is 3.37. The summed E-state index contributed by atoms with van der Waals surface area (Å²) in [6, 6.07) is 4.87. The Hall–Kier alpha value is -1.60. The number of rotatable bonds is 9. The van der Waals surface area contributed by atoms with Crippen molar-refractivity contribution in [2.45, 2.75) is 50.5 Å². The molecule has 136 valence electrons. The lowest BCUT2D eigenvalue weighted by molar-refractivity contribution is -0.121. The first-order chi connectivity index (χ1) is 11.2. The number of carbonyl (C=O) groups excluding carboxylic acids is 1. The maximum Gasteiger partial charge on any atom is 0.242 e. The van der Waals surface area contributed by atoms with E-state index in [2.05, 4.69) is 12.2 Å². The molecule has 0 saturated heterocycles. The van der Waals surface area contributed by atoms with Crippen molar-refractivity contribution in [2.24, 2.45) is 0 Å². The maximum atomic E-state index is 12.2. The molecule has 0 aliphatic rings. The van der Waals surface area contributed by atoms with E-state index >= 15 is 0 Å². The van der Waals surface area contributed by atoms with E-state index < -0.39 is 10.0 Å². The monoisotopic (exact) mass is 356 g/mol. The van der Waals surface area contributed by atoms with Gasteiger partial charge in [-0.2, -0.15) is 0 Å². The van der Waals surface area contributed by atoms with Crippen molar-refractivity contribution in [3.05, 3.63) is 23.8 Å². The second kappa shape index (κ2) is 9.03. The van der Waals surface area contributed by atoms with Crippen LogP contribution in [0, 0.1) is 0 Å². The minimum atomic E-state index is -3.51. The highest BCUT2D eigenvalue weighted by molar-refractivity contribution is 7.89. The van der Waals surface area contributed by atoms with Gasteiger partial charge in [-0.3, -0.25) is 4.79 Å².